The summed E-state index contributed by atoms with van der Waals surface area (Å²) in [7, 11) is 1.55. The number of nitrogens with zero attached hydrogens (tertiary/aromatic N) is 1. The number of aryl methyl sites for hydroxylation is 1. The van der Waals surface area contributed by atoms with Crippen LogP contribution in [0.3, 0.4) is 0 Å². The second-order valence-corrected chi connectivity index (χ2v) is 32.8. The number of halogens is 4. The van der Waals surface area contributed by atoms with Crippen LogP contribution in [0.1, 0.15) is 245 Å². The molecule has 0 bridgehead atoms. The molecule has 0 radical (unpaired) electrons. The van der Waals surface area contributed by atoms with Crippen molar-refractivity contribution in [2.24, 2.45) is 7.05 Å². The van der Waals surface area contributed by atoms with Crippen LogP contribution in [0.5, 0.6) is 0 Å². The zero-order chi connectivity index (χ0) is 79.8. The van der Waals surface area contributed by atoms with Gasteiger partial charge in [-0.15, -0.1) is 0 Å². The standard InChI is InChI=1S/2C24H26N2O2.2C23H22Cl2N2O2/c1-26-23(27)21(16-17-8-4-2-5-9-17)22(25-24(26)28)20-14-12-19(13-15-20)18-10-6-3-7-11-18;1-16-6-5-7-17(14-16)15-21-22(25-24(28)26-23(21)27)20-12-10-19(11-13-20)18-8-3-2-4-9-18;24-18-10-11-20(25)17(12-18)13-19-21(26-23(29)27-22(19)28)16-8-6-15(7-9-16)14-4-2-1-3-5-14;24-18-11-10-17(20(25)13-18)12-19-21(26-23(29)27-22(19)28)16-8-6-15(7-9-16)14-4-2-1-3-5-14/h2-11,19-20H,12-16H2,1H3,(H,25,28);2-9,14,19-20H,10-13,15H2,1H3,(H2,25,26,27,28);1-5,10-12,15-16H,6-9,13H2,(H2,26,27,28,29);1-5,10-11,13,15-16H,6-9,12H2,(H2,26,27,28,29). The summed E-state index contributed by atoms with van der Waals surface area (Å²) in [6, 6.07) is 71.0. The van der Waals surface area contributed by atoms with Gasteiger partial charge in [0, 0.05) is 97.9 Å². The number of benzene rings is 8. The molecule has 0 spiro atoms. The maximum Gasteiger partial charge on any atom is 0.328 e. The van der Waals surface area contributed by atoms with Gasteiger partial charge < -0.3 is 19.9 Å². The molecule has 16 nitrogen and oxygen atoms in total. The molecule has 4 heterocycles. The van der Waals surface area contributed by atoms with Crippen molar-refractivity contribution < 1.29 is 0 Å². The molecule has 4 fully saturated rings. The summed E-state index contributed by atoms with van der Waals surface area (Å²) in [6.45, 7) is 2.05. The van der Waals surface area contributed by atoms with Gasteiger partial charge >= 0.3 is 22.8 Å². The van der Waals surface area contributed by atoms with E-state index in [-0.39, 0.29) is 51.6 Å². The molecular weight excluding hydrogens is 1510 g/mol. The predicted molar refractivity (Wildman–Crippen MR) is 459 cm³/mol. The van der Waals surface area contributed by atoms with E-state index >= 15 is 0 Å². The van der Waals surface area contributed by atoms with E-state index in [4.69, 9.17) is 46.4 Å². The Labute approximate surface area is 681 Å². The Morgan fingerprint density at radius 1 is 0.298 bits per heavy atom. The summed E-state index contributed by atoms with van der Waals surface area (Å²) in [5.74, 6) is 2.95. The van der Waals surface area contributed by atoms with Gasteiger partial charge in [-0.1, -0.05) is 234 Å². The molecule has 4 aromatic heterocycles. The molecule has 0 aliphatic heterocycles. The van der Waals surface area contributed by atoms with Gasteiger partial charge in [0.25, 0.3) is 22.2 Å². The summed E-state index contributed by atoms with van der Waals surface area (Å²) in [6.07, 6.45) is 17.9. The Balaban J connectivity index is 0.000000133. The molecule has 12 aromatic rings. The Morgan fingerprint density at radius 3 is 1.01 bits per heavy atom. The lowest BCUT2D eigenvalue weighted by atomic mass is 9.76. The number of hydrogen-bond donors (Lipinski definition) is 7. The van der Waals surface area contributed by atoms with Crippen molar-refractivity contribution in [2.45, 2.75) is 183 Å². The largest absolute Gasteiger partial charge is 0.328 e. The zero-order valence-electron chi connectivity index (χ0n) is 64.2. The topological polar surface area (TPSA) is 252 Å². The van der Waals surface area contributed by atoms with Crippen molar-refractivity contribution in [3.05, 3.63) is 411 Å². The summed E-state index contributed by atoms with van der Waals surface area (Å²) < 4.78 is 1.19. The highest BCUT2D eigenvalue weighted by atomic mass is 35.5. The lowest BCUT2D eigenvalue weighted by Gasteiger charge is -2.30. The highest BCUT2D eigenvalue weighted by Gasteiger charge is 2.32. The van der Waals surface area contributed by atoms with Crippen LogP contribution in [-0.2, 0) is 32.7 Å². The number of aromatic amines is 7. The van der Waals surface area contributed by atoms with Gasteiger partial charge in [-0.3, -0.25) is 38.7 Å². The normalized spacial score (nSPS) is 19.4. The van der Waals surface area contributed by atoms with Crippen LogP contribution >= 0.6 is 46.4 Å². The number of rotatable bonds is 16. The Morgan fingerprint density at radius 2 is 0.623 bits per heavy atom. The third-order valence-electron chi connectivity index (χ3n) is 23.7. The van der Waals surface area contributed by atoms with Crippen LogP contribution in [0.4, 0.5) is 0 Å². The monoisotopic (exact) mass is 1600 g/mol. The molecule has 4 aliphatic rings. The molecule has 0 saturated heterocycles. The van der Waals surface area contributed by atoms with Crippen molar-refractivity contribution in [2.75, 3.05) is 0 Å². The maximum absolute atomic E-state index is 12.9. The van der Waals surface area contributed by atoms with Crippen molar-refractivity contribution in [3.63, 3.8) is 0 Å². The van der Waals surface area contributed by atoms with Crippen LogP contribution in [0.25, 0.3) is 0 Å². The van der Waals surface area contributed by atoms with Crippen LogP contribution in [0.15, 0.2) is 251 Å². The van der Waals surface area contributed by atoms with E-state index in [9.17, 15) is 38.4 Å². The number of nitrogens with one attached hydrogen (secondary N) is 7. The second kappa shape index (κ2) is 38.6. The Kier molecular flexibility index (Phi) is 27.7. The van der Waals surface area contributed by atoms with Crippen LogP contribution in [0, 0.1) is 6.92 Å². The highest BCUT2D eigenvalue weighted by molar-refractivity contribution is 6.35. The minimum atomic E-state index is -0.462. The van der Waals surface area contributed by atoms with Gasteiger partial charge in [0.15, 0.2) is 0 Å². The fraction of sp³-hybridized carbons (Fsp3) is 0.319. The zero-order valence-corrected chi connectivity index (χ0v) is 67.2. The lowest BCUT2D eigenvalue weighted by Crippen LogP contribution is -2.37. The minimum absolute atomic E-state index is 0.151. The number of hydrogen-bond acceptors (Lipinski definition) is 8. The first-order valence-electron chi connectivity index (χ1n) is 39.8. The molecule has 4 aliphatic carbocycles. The fourth-order valence-electron chi connectivity index (χ4n) is 17.7. The average Bonchev–Trinajstić information content (AvgIpc) is 0.810. The van der Waals surface area contributed by atoms with Crippen molar-refractivity contribution >= 4 is 46.4 Å². The average molecular weight is 1610 g/mol. The second-order valence-electron chi connectivity index (χ2n) is 31.1. The van der Waals surface area contributed by atoms with Crippen LogP contribution in [-0.4, -0.2) is 39.5 Å². The van der Waals surface area contributed by atoms with E-state index in [0.717, 1.165) is 153 Å². The third kappa shape index (κ3) is 21.0. The van der Waals surface area contributed by atoms with Gasteiger partial charge in [0.1, 0.15) is 0 Å². The summed E-state index contributed by atoms with van der Waals surface area (Å²) in [5, 5.41) is 2.18. The molecule has 588 valence electrons. The van der Waals surface area contributed by atoms with E-state index in [0.29, 0.717) is 86.1 Å². The minimum Gasteiger partial charge on any atom is -0.311 e. The van der Waals surface area contributed by atoms with Crippen molar-refractivity contribution in [1.29, 1.82) is 0 Å². The quantitative estimate of drug-likeness (QED) is 0.0489. The first-order chi connectivity index (χ1) is 55.2. The van der Waals surface area contributed by atoms with Crippen molar-refractivity contribution in [1.82, 2.24) is 39.5 Å². The number of H-pyrrole nitrogens is 7. The molecule has 8 aromatic carbocycles. The van der Waals surface area contributed by atoms with Crippen LogP contribution < -0.4 is 45.0 Å². The molecule has 114 heavy (non-hydrogen) atoms. The molecule has 20 heteroatoms. The summed E-state index contributed by atoms with van der Waals surface area (Å²) >= 11 is 24.7. The smallest absolute Gasteiger partial charge is 0.311 e. The first-order valence-corrected chi connectivity index (χ1v) is 41.3. The van der Waals surface area contributed by atoms with Crippen molar-refractivity contribution in [3.8, 4) is 0 Å². The Bertz CT molecular complexity index is 5750. The fourth-order valence-corrected chi connectivity index (χ4v) is 18.5. The van der Waals surface area contributed by atoms with E-state index < -0.39 is 17.1 Å². The van der Waals surface area contributed by atoms with Gasteiger partial charge in [0.05, 0.1) is 0 Å². The number of aromatic nitrogens is 8. The molecule has 0 atom stereocenters. The van der Waals surface area contributed by atoms with Gasteiger partial charge in [-0.25, -0.2) is 19.2 Å². The van der Waals surface area contributed by atoms with E-state index in [1.165, 1.54) is 32.4 Å². The summed E-state index contributed by atoms with van der Waals surface area (Å²) in [5.41, 5.74) is 13.4. The molecule has 16 rings (SSSR count). The molecule has 0 amide bonds. The summed E-state index contributed by atoms with van der Waals surface area (Å²) in [4.78, 5) is 118. The highest BCUT2D eigenvalue weighted by Crippen LogP contribution is 2.45. The molecule has 4 saturated carbocycles. The van der Waals surface area contributed by atoms with E-state index in [1.807, 2.05) is 79.7 Å². The first kappa shape index (κ1) is 81.6. The maximum atomic E-state index is 12.9. The van der Waals surface area contributed by atoms with E-state index in [2.05, 4.69) is 144 Å². The van der Waals surface area contributed by atoms with Crippen LogP contribution in [0.2, 0.25) is 20.1 Å². The lowest BCUT2D eigenvalue weighted by molar-refractivity contribution is 0.387. The van der Waals surface area contributed by atoms with E-state index in [1.54, 1.807) is 37.4 Å². The SMILES string of the molecule is Cc1cccc(Cc2c(C3CCC(c4ccccc4)CC3)[nH]c(=O)[nH]c2=O)c1.Cn1c(=O)[nH]c(C2CCC(c3ccccc3)CC2)c(Cc2ccccc2)c1=O.O=c1[nH]c(C2CCC(c3ccccc3)CC2)c(Cc2cc(Cl)ccc2Cl)c(=O)[nH]1.O=c1[nH]c(C2CCC(c3ccccc3)CC2)c(Cc2ccc(Cl)cc2Cl)c(=O)[nH]1. The molecular formula is C94H96Cl4N8O8. The predicted octanol–water partition coefficient (Wildman–Crippen LogP) is 19.3. The molecule has 0 unspecified atom stereocenters. The molecule has 7 N–H and O–H groups in total. The van der Waals surface area contributed by atoms with Gasteiger partial charge in [0.2, 0.25) is 0 Å². The van der Waals surface area contributed by atoms with Gasteiger partial charge in [-0.2, -0.15) is 0 Å². The third-order valence-corrected chi connectivity index (χ3v) is 24.9. The Hall–Kier alpha value is -10.4. The van der Waals surface area contributed by atoms with Gasteiger partial charge in [-0.05, 0) is 232 Å².